The minimum absolute atomic E-state index is 0.0979. The van der Waals surface area contributed by atoms with Crippen molar-refractivity contribution < 1.29 is 18.9 Å². The Kier molecular flexibility index (Phi) is 6.70. The first-order valence-electron chi connectivity index (χ1n) is 7.14. The first-order chi connectivity index (χ1) is 9.88. The molecule has 1 unspecified atom stereocenters. The van der Waals surface area contributed by atoms with Crippen molar-refractivity contribution in [3.8, 4) is 5.88 Å². The van der Waals surface area contributed by atoms with Gasteiger partial charge in [-0.15, -0.1) is 5.10 Å². The van der Waals surface area contributed by atoms with Gasteiger partial charge in [-0.3, -0.25) is 0 Å². The molecular weight excluding hydrogens is 260 g/mol. The number of nitrogens with zero attached hydrogens (tertiary/aromatic N) is 2. The maximum atomic E-state index is 5.70. The lowest BCUT2D eigenvalue weighted by atomic mass is 10.2. The molecule has 1 atom stereocenters. The minimum Gasteiger partial charge on any atom is -0.474 e. The van der Waals surface area contributed by atoms with Crippen LogP contribution in [-0.2, 0) is 20.8 Å². The topological polar surface area (TPSA) is 62.7 Å². The fourth-order valence-electron chi connectivity index (χ4n) is 1.92. The summed E-state index contributed by atoms with van der Waals surface area (Å²) in [6, 6.07) is 1.84. The van der Waals surface area contributed by atoms with Crippen LogP contribution in [0.5, 0.6) is 5.88 Å². The van der Waals surface area contributed by atoms with Gasteiger partial charge in [-0.2, -0.15) is 5.10 Å². The summed E-state index contributed by atoms with van der Waals surface area (Å²) in [5, 5.41) is 7.83. The smallest absolute Gasteiger partial charge is 0.233 e. The molecule has 2 rings (SSSR count). The SMILES string of the molecule is CCOCCOc1cc(COC2CCCCO2)cnn1. The van der Waals surface area contributed by atoms with Crippen molar-refractivity contribution in [3.63, 3.8) is 0 Å². The lowest BCUT2D eigenvalue weighted by Crippen LogP contribution is -2.22. The summed E-state index contributed by atoms with van der Waals surface area (Å²) in [6.45, 7) is 4.90. The predicted molar refractivity (Wildman–Crippen MR) is 72.4 cm³/mol. The van der Waals surface area contributed by atoms with Crippen molar-refractivity contribution in [1.29, 1.82) is 0 Å². The fourth-order valence-corrected chi connectivity index (χ4v) is 1.92. The van der Waals surface area contributed by atoms with E-state index in [1.165, 1.54) is 0 Å². The number of ether oxygens (including phenoxy) is 4. The molecule has 1 fully saturated rings. The van der Waals surface area contributed by atoms with E-state index in [0.717, 1.165) is 31.4 Å². The number of hydrogen-bond acceptors (Lipinski definition) is 6. The zero-order valence-electron chi connectivity index (χ0n) is 11.9. The highest BCUT2D eigenvalue weighted by Crippen LogP contribution is 2.16. The maximum absolute atomic E-state index is 5.70. The lowest BCUT2D eigenvalue weighted by Gasteiger charge is -2.22. The quantitative estimate of drug-likeness (QED) is 0.679. The van der Waals surface area contributed by atoms with Gasteiger partial charge < -0.3 is 18.9 Å². The van der Waals surface area contributed by atoms with E-state index in [2.05, 4.69) is 10.2 Å². The molecule has 112 valence electrons. The van der Waals surface area contributed by atoms with Crippen LogP contribution >= 0.6 is 0 Å². The zero-order chi connectivity index (χ0) is 14.0. The molecule has 1 saturated heterocycles. The van der Waals surface area contributed by atoms with Crippen LogP contribution in [0.25, 0.3) is 0 Å². The van der Waals surface area contributed by atoms with Gasteiger partial charge in [-0.1, -0.05) is 0 Å². The van der Waals surface area contributed by atoms with Crippen LogP contribution in [0.2, 0.25) is 0 Å². The third-order valence-electron chi connectivity index (χ3n) is 2.94. The van der Waals surface area contributed by atoms with Crippen LogP contribution in [0.4, 0.5) is 0 Å². The van der Waals surface area contributed by atoms with Crippen LogP contribution < -0.4 is 4.74 Å². The summed E-state index contributed by atoms with van der Waals surface area (Å²) < 4.78 is 21.9. The first-order valence-corrected chi connectivity index (χ1v) is 7.14. The van der Waals surface area contributed by atoms with Gasteiger partial charge in [0.15, 0.2) is 6.29 Å². The van der Waals surface area contributed by atoms with E-state index >= 15 is 0 Å². The van der Waals surface area contributed by atoms with Gasteiger partial charge in [0.1, 0.15) is 6.61 Å². The number of rotatable bonds is 8. The van der Waals surface area contributed by atoms with E-state index < -0.39 is 0 Å². The Labute approximate surface area is 119 Å². The van der Waals surface area contributed by atoms with Crippen LogP contribution in [0.3, 0.4) is 0 Å². The summed E-state index contributed by atoms with van der Waals surface area (Å²) in [5.74, 6) is 0.496. The molecule has 0 aliphatic carbocycles. The molecule has 6 heteroatoms. The van der Waals surface area contributed by atoms with E-state index in [1.807, 2.05) is 13.0 Å². The Morgan fingerprint density at radius 2 is 2.30 bits per heavy atom. The van der Waals surface area contributed by atoms with E-state index in [4.69, 9.17) is 18.9 Å². The third kappa shape index (κ3) is 5.40. The van der Waals surface area contributed by atoms with Crippen molar-refractivity contribution in [2.75, 3.05) is 26.4 Å². The van der Waals surface area contributed by atoms with Crippen LogP contribution in [0.1, 0.15) is 31.7 Å². The van der Waals surface area contributed by atoms with E-state index in [1.54, 1.807) is 6.20 Å². The van der Waals surface area contributed by atoms with E-state index in [9.17, 15) is 0 Å². The van der Waals surface area contributed by atoms with Crippen LogP contribution in [0, 0.1) is 0 Å². The van der Waals surface area contributed by atoms with Crippen LogP contribution in [0.15, 0.2) is 12.3 Å². The molecule has 0 amide bonds. The Hall–Kier alpha value is -1.24. The number of hydrogen-bond donors (Lipinski definition) is 0. The molecule has 0 N–H and O–H groups in total. The molecule has 0 radical (unpaired) electrons. The molecule has 0 aromatic carbocycles. The van der Waals surface area contributed by atoms with Gasteiger partial charge in [-0.25, -0.2) is 0 Å². The van der Waals surface area contributed by atoms with E-state index in [-0.39, 0.29) is 6.29 Å². The Morgan fingerprint density at radius 1 is 1.35 bits per heavy atom. The highest BCUT2D eigenvalue weighted by atomic mass is 16.7. The normalized spacial score (nSPS) is 18.9. The second-order valence-corrected chi connectivity index (χ2v) is 4.55. The molecular formula is C14H22N2O4. The second kappa shape index (κ2) is 8.84. The van der Waals surface area contributed by atoms with Crippen molar-refractivity contribution in [3.05, 3.63) is 17.8 Å². The molecule has 1 aromatic rings. The standard InChI is InChI=1S/C14H22N2O4/c1-2-17-7-8-18-13-9-12(10-15-16-13)11-20-14-5-3-4-6-19-14/h9-10,14H,2-8,11H2,1H3. The third-order valence-corrected chi connectivity index (χ3v) is 2.94. The summed E-state index contributed by atoms with van der Waals surface area (Å²) in [5.41, 5.74) is 0.931. The highest BCUT2D eigenvalue weighted by Gasteiger charge is 2.14. The minimum atomic E-state index is -0.0979. The average molecular weight is 282 g/mol. The zero-order valence-corrected chi connectivity index (χ0v) is 11.9. The molecule has 1 aliphatic heterocycles. The summed E-state index contributed by atoms with van der Waals surface area (Å²) >= 11 is 0. The Morgan fingerprint density at radius 3 is 3.10 bits per heavy atom. The van der Waals surface area contributed by atoms with Gasteiger partial charge >= 0.3 is 0 Å². The fraction of sp³-hybridized carbons (Fsp3) is 0.714. The second-order valence-electron chi connectivity index (χ2n) is 4.55. The predicted octanol–water partition coefficient (Wildman–Crippen LogP) is 1.94. The molecule has 6 nitrogen and oxygen atoms in total. The largest absolute Gasteiger partial charge is 0.474 e. The number of aromatic nitrogens is 2. The Balaban J connectivity index is 1.73. The molecule has 20 heavy (non-hydrogen) atoms. The van der Waals surface area contributed by atoms with Gasteiger partial charge in [-0.05, 0) is 26.2 Å². The van der Waals surface area contributed by atoms with Crippen molar-refractivity contribution in [1.82, 2.24) is 10.2 Å². The Bertz CT molecular complexity index is 383. The van der Waals surface area contributed by atoms with Crippen LogP contribution in [-0.4, -0.2) is 42.9 Å². The molecule has 0 spiro atoms. The summed E-state index contributed by atoms with van der Waals surface area (Å²) in [6.07, 6.45) is 4.81. The van der Waals surface area contributed by atoms with Gasteiger partial charge in [0.05, 0.1) is 19.4 Å². The van der Waals surface area contributed by atoms with Crippen molar-refractivity contribution >= 4 is 0 Å². The van der Waals surface area contributed by atoms with Crippen molar-refractivity contribution in [2.45, 2.75) is 39.1 Å². The van der Waals surface area contributed by atoms with Gasteiger partial charge in [0.2, 0.25) is 5.88 Å². The maximum Gasteiger partial charge on any atom is 0.233 e. The first kappa shape index (κ1) is 15.2. The lowest BCUT2D eigenvalue weighted by molar-refractivity contribution is -0.169. The average Bonchev–Trinajstić information content (AvgIpc) is 2.51. The molecule has 0 saturated carbocycles. The monoisotopic (exact) mass is 282 g/mol. The van der Waals surface area contributed by atoms with Crippen molar-refractivity contribution in [2.24, 2.45) is 0 Å². The summed E-state index contributed by atoms with van der Waals surface area (Å²) in [7, 11) is 0. The summed E-state index contributed by atoms with van der Waals surface area (Å²) in [4.78, 5) is 0. The molecule has 2 heterocycles. The molecule has 1 aromatic heterocycles. The van der Waals surface area contributed by atoms with Gasteiger partial charge in [0.25, 0.3) is 0 Å². The highest BCUT2D eigenvalue weighted by molar-refractivity contribution is 5.16. The van der Waals surface area contributed by atoms with Gasteiger partial charge in [0, 0.05) is 24.8 Å². The molecule has 0 bridgehead atoms. The molecule has 1 aliphatic rings. The van der Waals surface area contributed by atoms with E-state index in [0.29, 0.717) is 32.3 Å².